The minimum Gasteiger partial charge on any atom is -0.376 e. The third-order valence-corrected chi connectivity index (χ3v) is 2.60. The van der Waals surface area contributed by atoms with Crippen molar-refractivity contribution in [2.75, 3.05) is 13.2 Å². The SMILES string of the molecule is CC1OCCN(C(C)C)[C@@H]1C. The highest BCUT2D eigenvalue weighted by Crippen LogP contribution is 2.15. The van der Waals surface area contributed by atoms with Crippen LogP contribution in [-0.4, -0.2) is 36.2 Å². The maximum Gasteiger partial charge on any atom is 0.0700 e. The Hall–Kier alpha value is -0.0800. The Balaban J connectivity index is 2.51. The molecular formula is C9H19NO. The largest absolute Gasteiger partial charge is 0.376 e. The zero-order valence-electron chi connectivity index (χ0n) is 8.00. The molecule has 1 unspecified atom stereocenters. The molecule has 0 amide bonds. The van der Waals surface area contributed by atoms with Crippen LogP contribution in [0, 0.1) is 0 Å². The van der Waals surface area contributed by atoms with Gasteiger partial charge in [0.05, 0.1) is 12.7 Å². The summed E-state index contributed by atoms with van der Waals surface area (Å²) in [5.41, 5.74) is 0. The number of nitrogens with zero attached hydrogens (tertiary/aromatic N) is 1. The van der Waals surface area contributed by atoms with Gasteiger partial charge in [0.15, 0.2) is 0 Å². The second-order valence-corrected chi connectivity index (χ2v) is 3.65. The molecule has 1 aliphatic rings. The molecule has 0 saturated carbocycles. The molecule has 2 nitrogen and oxygen atoms in total. The van der Waals surface area contributed by atoms with E-state index in [0.717, 1.165) is 13.2 Å². The zero-order valence-corrected chi connectivity index (χ0v) is 8.00. The quantitative estimate of drug-likeness (QED) is 0.572. The summed E-state index contributed by atoms with van der Waals surface area (Å²) in [6.07, 6.45) is 0.395. The summed E-state index contributed by atoms with van der Waals surface area (Å²) in [6.45, 7) is 10.9. The Morgan fingerprint density at radius 2 is 2.00 bits per heavy atom. The summed E-state index contributed by atoms with van der Waals surface area (Å²) in [5, 5.41) is 0. The fourth-order valence-corrected chi connectivity index (χ4v) is 1.69. The normalized spacial score (nSPS) is 34.6. The Labute approximate surface area is 69.5 Å². The second kappa shape index (κ2) is 3.55. The van der Waals surface area contributed by atoms with E-state index in [-0.39, 0.29) is 0 Å². The molecule has 1 heterocycles. The molecule has 0 aliphatic carbocycles. The van der Waals surface area contributed by atoms with E-state index in [9.17, 15) is 0 Å². The summed E-state index contributed by atoms with van der Waals surface area (Å²) in [5.74, 6) is 0. The molecule has 0 aromatic heterocycles. The lowest BCUT2D eigenvalue weighted by molar-refractivity contribution is -0.0663. The first-order valence-corrected chi connectivity index (χ1v) is 4.50. The molecule has 0 aromatic carbocycles. The lowest BCUT2D eigenvalue weighted by atomic mass is 10.1. The topological polar surface area (TPSA) is 12.5 Å². The molecule has 1 aliphatic heterocycles. The first-order valence-electron chi connectivity index (χ1n) is 4.50. The van der Waals surface area contributed by atoms with E-state index in [4.69, 9.17) is 4.74 Å². The van der Waals surface area contributed by atoms with Gasteiger partial charge in [0.2, 0.25) is 0 Å². The van der Waals surface area contributed by atoms with Crippen LogP contribution in [-0.2, 0) is 4.74 Å². The lowest BCUT2D eigenvalue weighted by Crippen LogP contribution is -2.51. The van der Waals surface area contributed by atoms with Crippen LogP contribution in [0.2, 0.25) is 0 Å². The molecule has 1 fully saturated rings. The van der Waals surface area contributed by atoms with Crippen LogP contribution in [0.5, 0.6) is 0 Å². The Kier molecular flexibility index (Phi) is 2.90. The molecule has 0 radical (unpaired) electrons. The van der Waals surface area contributed by atoms with Crippen molar-refractivity contribution in [2.45, 2.75) is 45.9 Å². The van der Waals surface area contributed by atoms with E-state index in [1.807, 2.05) is 0 Å². The molecule has 2 atom stereocenters. The Morgan fingerprint density at radius 1 is 1.36 bits per heavy atom. The molecule has 0 N–H and O–H groups in total. The van der Waals surface area contributed by atoms with Crippen LogP contribution >= 0.6 is 0 Å². The summed E-state index contributed by atoms with van der Waals surface area (Å²) < 4.78 is 5.53. The van der Waals surface area contributed by atoms with Crippen LogP contribution < -0.4 is 0 Å². The van der Waals surface area contributed by atoms with Gasteiger partial charge in [-0.3, -0.25) is 4.90 Å². The fraction of sp³-hybridized carbons (Fsp3) is 1.00. The summed E-state index contributed by atoms with van der Waals surface area (Å²) in [6, 6.07) is 1.22. The van der Waals surface area contributed by atoms with Gasteiger partial charge in [0.25, 0.3) is 0 Å². The van der Waals surface area contributed by atoms with Crippen LogP contribution in [0.15, 0.2) is 0 Å². The van der Waals surface area contributed by atoms with E-state index in [1.165, 1.54) is 0 Å². The average Bonchev–Trinajstić information content (AvgIpc) is 1.94. The van der Waals surface area contributed by atoms with E-state index in [2.05, 4.69) is 32.6 Å². The maximum absolute atomic E-state index is 5.53. The van der Waals surface area contributed by atoms with Crippen molar-refractivity contribution in [3.05, 3.63) is 0 Å². The number of rotatable bonds is 1. The van der Waals surface area contributed by atoms with Crippen molar-refractivity contribution >= 4 is 0 Å². The van der Waals surface area contributed by atoms with Crippen LogP contribution in [0.3, 0.4) is 0 Å². The monoisotopic (exact) mass is 157 g/mol. The van der Waals surface area contributed by atoms with Gasteiger partial charge in [-0.2, -0.15) is 0 Å². The first kappa shape index (κ1) is 9.01. The minimum absolute atomic E-state index is 0.395. The summed E-state index contributed by atoms with van der Waals surface area (Å²) >= 11 is 0. The van der Waals surface area contributed by atoms with E-state index in [1.54, 1.807) is 0 Å². The van der Waals surface area contributed by atoms with E-state index in [0.29, 0.717) is 18.2 Å². The average molecular weight is 157 g/mol. The van der Waals surface area contributed by atoms with Crippen molar-refractivity contribution in [2.24, 2.45) is 0 Å². The van der Waals surface area contributed by atoms with Crippen molar-refractivity contribution in [1.29, 1.82) is 0 Å². The number of ether oxygens (including phenoxy) is 1. The highest BCUT2D eigenvalue weighted by atomic mass is 16.5. The van der Waals surface area contributed by atoms with E-state index < -0.39 is 0 Å². The third kappa shape index (κ3) is 1.94. The summed E-state index contributed by atoms with van der Waals surface area (Å²) in [4.78, 5) is 2.49. The van der Waals surface area contributed by atoms with Gasteiger partial charge in [0.1, 0.15) is 0 Å². The molecule has 2 heteroatoms. The first-order chi connectivity index (χ1) is 5.13. The minimum atomic E-state index is 0.395. The van der Waals surface area contributed by atoms with Gasteiger partial charge in [-0.1, -0.05) is 0 Å². The predicted octanol–water partition coefficient (Wildman–Crippen LogP) is 1.50. The number of hydrogen-bond donors (Lipinski definition) is 0. The van der Waals surface area contributed by atoms with Gasteiger partial charge in [0, 0.05) is 18.6 Å². The van der Waals surface area contributed by atoms with Gasteiger partial charge >= 0.3 is 0 Å². The Morgan fingerprint density at radius 3 is 2.45 bits per heavy atom. The molecule has 11 heavy (non-hydrogen) atoms. The van der Waals surface area contributed by atoms with Gasteiger partial charge in [-0.15, -0.1) is 0 Å². The molecule has 0 aromatic rings. The standard InChI is InChI=1S/C9H19NO/c1-7(2)10-5-6-11-9(4)8(10)3/h7-9H,5-6H2,1-4H3/t8-,9?/m1/s1. The van der Waals surface area contributed by atoms with Gasteiger partial charge < -0.3 is 4.74 Å². The van der Waals surface area contributed by atoms with Crippen molar-refractivity contribution in [1.82, 2.24) is 4.90 Å². The van der Waals surface area contributed by atoms with Crippen LogP contribution in [0.25, 0.3) is 0 Å². The molecule has 1 rings (SSSR count). The highest BCUT2D eigenvalue weighted by Gasteiger charge is 2.26. The third-order valence-electron chi connectivity index (χ3n) is 2.60. The number of hydrogen-bond acceptors (Lipinski definition) is 2. The van der Waals surface area contributed by atoms with Gasteiger partial charge in [-0.05, 0) is 27.7 Å². The maximum atomic E-state index is 5.53. The fourth-order valence-electron chi connectivity index (χ4n) is 1.69. The second-order valence-electron chi connectivity index (χ2n) is 3.65. The van der Waals surface area contributed by atoms with Crippen LogP contribution in [0.1, 0.15) is 27.7 Å². The smallest absolute Gasteiger partial charge is 0.0700 e. The highest BCUT2D eigenvalue weighted by molar-refractivity contribution is 4.79. The molecule has 0 bridgehead atoms. The predicted molar refractivity (Wildman–Crippen MR) is 46.7 cm³/mol. The summed E-state index contributed by atoms with van der Waals surface area (Å²) in [7, 11) is 0. The van der Waals surface area contributed by atoms with Crippen molar-refractivity contribution in [3.63, 3.8) is 0 Å². The lowest BCUT2D eigenvalue weighted by Gasteiger charge is -2.40. The molecule has 66 valence electrons. The van der Waals surface area contributed by atoms with E-state index >= 15 is 0 Å². The Bertz CT molecular complexity index is 125. The van der Waals surface area contributed by atoms with Gasteiger partial charge in [-0.25, -0.2) is 0 Å². The molecular weight excluding hydrogens is 138 g/mol. The number of morpholine rings is 1. The van der Waals surface area contributed by atoms with Crippen molar-refractivity contribution < 1.29 is 4.74 Å². The van der Waals surface area contributed by atoms with Crippen LogP contribution in [0.4, 0.5) is 0 Å². The molecule has 0 spiro atoms. The zero-order chi connectivity index (χ0) is 8.43. The van der Waals surface area contributed by atoms with Crippen molar-refractivity contribution in [3.8, 4) is 0 Å². The molecule has 1 saturated heterocycles.